The van der Waals surface area contributed by atoms with E-state index in [-0.39, 0.29) is 25.2 Å². The molecule has 5 nitrogen and oxygen atoms in total. The quantitative estimate of drug-likeness (QED) is 0.0346. The van der Waals surface area contributed by atoms with Gasteiger partial charge >= 0.3 is 11.9 Å². The first-order valence-corrected chi connectivity index (χ1v) is 26.7. The van der Waals surface area contributed by atoms with Crippen LogP contribution in [0.1, 0.15) is 213 Å². The van der Waals surface area contributed by atoms with Crippen molar-refractivity contribution in [2.75, 3.05) is 19.8 Å². The maximum Gasteiger partial charge on any atom is 0.306 e. The molecular weight excluding hydrogens is 813 g/mol. The second kappa shape index (κ2) is 55.4. The third-order valence-electron chi connectivity index (χ3n) is 10.7. The van der Waals surface area contributed by atoms with Crippen LogP contribution >= 0.6 is 0 Å². The lowest BCUT2D eigenvalue weighted by Crippen LogP contribution is -2.30. The van der Waals surface area contributed by atoms with Crippen LogP contribution in [-0.4, -0.2) is 37.9 Å². The second-order valence-corrected chi connectivity index (χ2v) is 17.0. The van der Waals surface area contributed by atoms with Crippen molar-refractivity contribution in [3.8, 4) is 0 Å². The molecule has 1 atom stereocenters. The summed E-state index contributed by atoms with van der Waals surface area (Å²) in [5, 5.41) is 0. The molecule has 0 aromatic heterocycles. The van der Waals surface area contributed by atoms with Gasteiger partial charge in [0.25, 0.3) is 0 Å². The minimum absolute atomic E-state index is 0.0240. The van der Waals surface area contributed by atoms with E-state index in [0.717, 1.165) is 116 Å². The van der Waals surface area contributed by atoms with Crippen molar-refractivity contribution < 1.29 is 23.8 Å². The molecule has 0 N–H and O–H groups in total. The van der Waals surface area contributed by atoms with Gasteiger partial charge in [-0.1, -0.05) is 212 Å². The van der Waals surface area contributed by atoms with E-state index in [1.54, 1.807) is 0 Å². The summed E-state index contributed by atoms with van der Waals surface area (Å²) in [4.78, 5) is 25.4. The molecule has 0 rings (SSSR count). The number of hydrogen-bond donors (Lipinski definition) is 0. The molecule has 0 amide bonds. The summed E-state index contributed by atoms with van der Waals surface area (Å²) in [5.74, 6) is -0.525. The van der Waals surface area contributed by atoms with Gasteiger partial charge in [0.15, 0.2) is 6.10 Å². The van der Waals surface area contributed by atoms with E-state index in [9.17, 15) is 9.59 Å². The van der Waals surface area contributed by atoms with Crippen molar-refractivity contribution in [1.29, 1.82) is 0 Å². The first kappa shape index (κ1) is 62.0. The van der Waals surface area contributed by atoms with Gasteiger partial charge in [-0.05, 0) is 122 Å². The largest absolute Gasteiger partial charge is 0.462 e. The van der Waals surface area contributed by atoms with Gasteiger partial charge in [0.2, 0.25) is 0 Å². The van der Waals surface area contributed by atoms with E-state index in [2.05, 4.69) is 148 Å². The highest BCUT2D eigenvalue weighted by molar-refractivity contribution is 5.70. The standard InChI is InChI=1S/C61H98O5/c1-4-7-10-13-16-19-22-25-28-30-31-33-34-36-39-42-45-48-51-54-60(62)65-58-59(57-64-56-53-50-47-44-41-38-27-24-21-18-15-12-9-6-3)66-61(63)55-52-49-46-43-40-37-35-32-29-26-23-20-17-14-11-8-5-2/h7,9-10,12,16-21,25-29,31,33,36,38-39,45,48,59H,4-6,8,11,13-15,22-24,30,32,34-35,37,40-44,46-47,49-58H2,1-3H3/b10-7-,12-9-,19-16-,20-17-,21-18-,28-25-,29-26-,33-31-,38-27-,39-36-,48-45-. The Labute approximate surface area is 407 Å². The van der Waals surface area contributed by atoms with Crippen LogP contribution in [-0.2, 0) is 23.8 Å². The van der Waals surface area contributed by atoms with Gasteiger partial charge in [0, 0.05) is 19.4 Å². The van der Waals surface area contributed by atoms with Crippen molar-refractivity contribution >= 4 is 11.9 Å². The predicted octanol–water partition coefficient (Wildman–Crippen LogP) is 18.3. The highest BCUT2D eigenvalue weighted by Crippen LogP contribution is 2.12. The van der Waals surface area contributed by atoms with Crippen LogP contribution in [0.3, 0.4) is 0 Å². The Bertz CT molecular complexity index is 1400. The fraction of sp³-hybridized carbons (Fsp3) is 0.607. The summed E-state index contributed by atoms with van der Waals surface area (Å²) >= 11 is 0. The van der Waals surface area contributed by atoms with E-state index in [4.69, 9.17) is 14.2 Å². The zero-order valence-corrected chi connectivity index (χ0v) is 42.7. The van der Waals surface area contributed by atoms with Crippen LogP contribution in [0.15, 0.2) is 134 Å². The van der Waals surface area contributed by atoms with Crippen molar-refractivity contribution in [3.05, 3.63) is 134 Å². The third-order valence-corrected chi connectivity index (χ3v) is 10.7. The minimum atomic E-state index is -0.593. The van der Waals surface area contributed by atoms with E-state index >= 15 is 0 Å². The van der Waals surface area contributed by atoms with Gasteiger partial charge in [-0.25, -0.2) is 0 Å². The summed E-state index contributed by atoms with van der Waals surface area (Å²) in [6.07, 6.45) is 79.0. The van der Waals surface area contributed by atoms with E-state index in [1.165, 1.54) is 57.8 Å². The lowest BCUT2D eigenvalue weighted by molar-refractivity contribution is -0.162. The number of hydrogen-bond acceptors (Lipinski definition) is 5. The summed E-state index contributed by atoms with van der Waals surface area (Å²) in [6, 6.07) is 0. The van der Waals surface area contributed by atoms with Crippen LogP contribution in [0.2, 0.25) is 0 Å². The fourth-order valence-electron chi connectivity index (χ4n) is 6.76. The lowest BCUT2D eigenvalue weighted by Gasteiger charge is -2.18. The first-order valence-electron chi connectivity index (χ1n) is 26.7. The van der Waals surface area contributed by atoms with Gasteiger partial charge in [-0.3, -0.25) is 9.59 Å². The van der Waals surface area contributed by atoms with Gasteiger partial charge in [-0.2, -0.15) is 0 Å². The molecule has 0 fully saturated rings. The maximum absolute atomic E-state index is 12.8. The molecule has 0 spiro atoms. The van der Waals surface area contributed by atoms with Crippen LogP contribution in [0.25, 0.3) is 0 Å². The highest BCUT2D eigenvalue weighted by atomic mass is 16.6. The summed E-state index contributed by atoms with van der Waals surface area (Å²) in [6.45, 7) is 7.42. The Balaban J connectivity index is 4.46. The topological polar surface area (TPSA) is 61.8 Å². The van der Waals surface area contributed by atoms with Crippen molar-refractivity contribution in [2.45, 2.75) is 219 Å². The lowest BCUT2D eigenvalue weighted by atomic mass is 10.1. The molecule has 0 aliphatic heterocycles. The first-order chi connectivity index (χ1) is 32.6. The third kappa shape index (κ3) is 52.7. The second-order valence-electron chi connectivity index (χ2n) is 17.0. The van der Waals surface area contributed by atoms with Gasteiger partial charge in [-0.15, -0.1) is 0 Å². The van der Waals surface area contributed by atoms with Crippen LogP contribution < -0.4 is 0 Å². The average Bonchev–Trinajstić information content (AvgIpc) is 3.32. The van der Waals surface area contributed by atoms with E-state index in [0.29, 0.717) is 25.9 Å². The molecule has 0 aliphatic carbocycles. The average molecular weight is 911 g/mol. The molecule has 0 aliphatic rings. The zero-order chi connectivity index (χ0) is 47.7. The number of carbonyl (C=O) groups excluding carboxylic acids is 2. The molecule has 372 valence electrons. The number of esters is 2. The summed E-state index contributed by atoms with van der Waals surface area (Å²) < 4.78 is 17.3. The predicted molar refractivity (Wildman–Crippen MR) is 288 cm³/mol. The number of unbranched alkanes of at least 4 members (excludes halogenated alkanes) is 14. The van der Waals surface area contributed by atoms with Crippen LogP contribution in [0, 0.1) is 0 Å². The fourth-order valence-corrected chi connectivity index (χ4v) is 6.76. The molecule has 0 aromatic rings. The molecule has 0 saturated heterocycles. The Morgan fingerprint density at radius 3 is 1.15 bits per heavy atom. The molecule has 0 radical (unpaired) electrons. The van der Waals surface area contributed by atoms with Crippen LogP contribution in [0.5, 0.6) is 0 Å². The molecule has 0 bridgehead atoms. The Morgan fingerprint density at radius 2 is 0.712 bits per heavy atom. The maximum atomic E-state index is 12.8. The highest BCUT2D eigenvalue weighted by Gasteiger charge is 2.17. The Hall–Kier alpha value is -3.96. The van der Waals surface area contributed by atoms with Gasteiger partial charge in [0.05, 0.1) is 6.61 Å². The van der Waals surface area contributed by atoms with E-state index < -0.39 is 6.10 Å². The number of ether oxygens (including phenoxy) is 3. The zero-order valence-electron chi connectivity index (χ0n) is 42.7. The molecule has 0 saturated carbocycles. The monoisotopic (exact) mass is 911 g/mol. The molecular formula is C61H98O5. The van der Waals surface area contributed by atoms with Crippen molar-refractivity contribution in [2.24, 2.45) is 0 Å². The molecule has 0 aromatic carbocycles. The van der Waals surface area contributed by atoms with Gasteiger partial charge in [0.1, 0.15) is 6.61 Å². The number of rotatable bonds is 47. The van der Waals surface area contributed by atoms with Crippen molar-refractivity contribution in [1.82, 2.24) is 0 Å². The molecule has 0 heterocycles. The molecule has 5 heteroatoms. The Kier molecular flexibility index (Phi) is 52.0. The normalized spacial score (nSPS) is 13.3. The number of allylic oxidation sites excluding steroid dienone is 22. The SMILES string of the molecule is CC/C=C\C/C=C\C/C=C\C/C=C\C/C=C\C/C=C\CCC(=O)OCC(COCCCCCC/C=C\C/C=C\C/C=C\CC)OC(=O)CCCCCCCCC/C=C\C/C=C\CCCCC. The number of carbonyl (C=O) groups is 2. The molecule has 1 unspecified atom stereocenters. The Morgan fingerprint density at radius 1 is 0.348 bits per heavy atom. The molecule has 66 heavy (non-hydrogen) atoms. The van der Waals surface area contributed by atoms with E-state index in [1.807, 2.05) is 6.08 Å². The van der Waals surface area contributed by atoms with Gasteiger partial charge < -0.3 is 14.2 Å². The smallest absolute Gasteiger partial charge is 0.306 e. The van der Waals surface area contributed by atoms with Crippen LogP contribution in [0.4, 0.5) is 0 Å². The minimum Gasteiger partial charge on any atom is -0.462 e. The summed E-state index contributed by atoms with van der Waals surface area (Å²) in [7, 11) is 0. The van der Waals surface area contributed by atoms with Crippen molar-refractivity contribution in [3.63, 3.8) is 0 Å². The summed E-state index contributed by atoms with van der Waals surface area (Å²) in [5.41, 5.74) is 0.